The Morgan fingerprint density at radius 1 is 1.08 bits per heavy atom. The summed E-state index contributed by atoms with van der Waals surface area (Å²) in [5.74, 6) is -0.920. The molecule has 0 amide bonds. The molecule has 0 aliphatic heterocycles. The van der Waals surface area contributed by atoms with Crippen molar-refractivity contribution in [1.82, 2.24) is 15.0 Å². The number of likely N-dealkylation sites (N-methyl/N-ethyl adjacent to an activating group) is 1. The van der Waals surface area contributed by atoms with E-state index in [1.165, 1.54) is 11.0 Å². The van der Waals surface area contributed by atoms with Gasteiger partial charge in [0.05, 0.1) is 13.2 Å². The first kappa shape index (κ1) is 27.3. The lowest BCUT2D eigenvalue weighted by Gasteiger charge is -2.14. The summed E-state index contributed by atoms with van der Waals surface area (Å²) in [6.45, 7) is 0.337. The molecule has 0 spiro atoms. The molecule has 4 rings (SSSR count). The summed E-state index contributed by atoms with van der Waals surface area (Å²) in [6.07, 6.45) is 0. The first-order valence-corrected chi connectivity index (χ1v) is 11.1. The minimum absolute atomic E-state index is 0. The van der Waals surface area contributed by atoms with Crippen LogP contribution < -0.4 is 0 Å². The van der Waals surface area contributed by atoms with Crippen molar-refractivity contribution in [1.29, 1.82) is 0 Å². The highest BCUT2D eigenvalue weighted by atomic mass is 35.5. The molecule has 0 radical (unpaired) electrons. The van der Waals surface area contributed by atoms with E-state index in [9.17, 15) is 9.18 Å². The zero-order valence-electron chi connectivity index (χ0n) is 19.6. The second-order valence-electron chi connectivity index (χ2n) is 8.08. The van der Waals surface area contributed by atoms with Gasteiger partial charge < -0.3 is 14.4 Å². The number of aliphatic carboxylic acids is 1. The van der Waals surface area contributed by atoms with Gasteiger partial charge in [-0.1, -0.05) is 53.2 Å². The zero-order chi connectivity index (χ0) is 24.9. The van der Waals surface area contributed by atoms with Gasteiger partial charge in [0.2, 0.25) is 5.82 Å². The van der Waals surface area contributed by atoms with E-state index in [0.717, 1.165) is 16.7 Å². The number of aromatic nitrogens is 2. The molecule has 4 aromatic rings. The maximum absolute atomic E-state index is 14.7. The Hall–Kier alpha value is -3.30. The predicted molar refractivity (Wildman–Crippen MR) is 138 cm³/mol. The molecule has 1 N–H and O–H groups in total. The monoisotopic (exact) mass is 531 g/mol. The molecule has 0 saturated heterocycles. The molecule has 0 aliphatic carbocycles. The van der Waals surface area contributed by atoms with E-state index in [2.05, 4.69) is 10.1 Å². The Morgan fingerprint density at radius 3 is 2.53 bits per heavy atom. The minimum Gasteiger partial charge on any atom is -0.480 e. The Labute approximate surface area is 218 Å². The fourth-order valence-corrected chi connectivity index (χ4v) is 4.03. The molecule has 188 valence electrons. The Balaban J connectivity index is 0.00000361. The first-order valence-electron chi connectivity index (χ1n) is 10.8. The van der Waals surface area contributed by atoms with Crippen LogP contribution in [-0.2, 0) is 22.7 Å². The number of benzene rings is 3. The molecular formula is C26H24Cl2FN3O4. The highest BCUT2D eigenvalue weighted by Crippen LogP contribution is 2.34. The molecular weight excluding hydrogens is 508 g/mol. The van der Waals surface area contributed by atoms with Gasteiger partial charge in [-0.15, -0.1) is 12.4 Å². The van der Waals surface area contributed by atoms with E-state index in [-0.39, 0.29) is 37.2 Å². The van der Waals surface area contributed by atoms with Crippen LogP contribution in [0.2, 0.25) is 5.02 Å². The summed E-state index contributed by atoms with van der Waals surface area (Å²) in [5.41, 5.74) is 4.25. The van der Waals surface area contributed by atoms with E-state index < -0.39 is 11.8 Å². The van der Waals surface area contributed by atoms with Crippen molar-refractivity contribution in [2.24, 2.45) is 0 Å². The number of ether oxygens (including phenoxy) is 1. The van der Waals surface area contributed by atoms with E-state index >= 15 is 0 Å². The third kappa shape index (κ3) is 6.27. The molecule has 7 nitrogen and oxygen atoms in total. The van der Waals surface area contributed by atoms with E-state index in [1.54, 1.807) is 26.3 Å². The van der Waals surface area contributed by atoms with Crippen molar-refractivity contribution in [3.05, 3.63) is 82.6 Å². The summed E-state index contributed by atoms with van der Waals surface area (Å²) in [7, 11) is 3.23. The number of hydrogen-bond donors (Lipinski definition) is 1. The van der Waals surface area contributed by atoms with Gasteiger partial charge in [-0.2, -0.15) is 4.98 Å². The number of carboxylic acids is 1. The molecule has 1 aromatic heterocycles. The van der Waals surface area contributed by atoms with Gasteiger partial charge in [0.25, 0.3) is 5.89 Å². The average Bonchev–Trinajstić information content (AvgIpc) is 3.31. The largest absolute Gasteiger partial charge is 0.480 e. The Bertz CT molecular complexity index is 1360. The highest BCUT2D eigenvalue weighted by Gasteiger charge is 2.16. The van der Waals surface area contributed by atoms with Crippen LogP contribution in [0.3, 0.4) is 0 Å². The molecule has 0 bridgehead atoms. The molecule has 0 atom stereocenters. The van der Waals surface area contributed by atoms with Gasteiger partial charge in [-0.25, -0.2) is 4.39 Å². The number of rotatable bonds is 9. The van der Waals surface area contributed by atoms with E-state index in [4.69, 9.17) is 26.0 Å². The van der Waals surface area contributed by atoms with Crippen molar-refractivity contribution in [3.8, 4) is 34.0 Å². The van der Waals surface area contributed by atoms with Gasteiger partial charge in [0, 0.05) is 40.9 Å². The smallest absolute Gasteiger partial charge is 0.317 e. The second kappa shape index (κ2) is 12.1. The standard InChI is InChI=1S/C26H23ClFN3O4.ClH/c1-31(14-24(32)33)13-18-8-7-16(12-23(18)28)25-29-26(35-30-25)17-9-10-20(19(11-17)15-34-2)21-5-3-4-6-22(21)27;/h3-12H,13-15H2,1-2H3,(H,32,33);1H. The van der Waals surface area contributed by atoms with Crippen LogP contribution in [0, 0.1) is 5.82 Å². The highest BCUT2D eigenvalue weighted by molar-refractivity contribution is 6.33. The fraction of sp³-hybridized carbons (Fsp3) is 0.192. The van der Waals surface area contributed by atoms with Gasteiger partial charge in [0.15, 0.2) is 0 Å². The summed E-state index contributed by atoms with van der Waals surface area (Å²) < 4.78 is 25.5. The fourth-order valence-electron chi connectivity index (χ4n) is 3.79. The van der Waals surface area contributed by atoms with Gasteiger partial charge >= 0.3 is 5.97 Å². The van der Waals surface area contributed by atoms with Gasteiger partial charge in [0.1, 0.15) is 5.82 Å². The number of methoxy groups -OCH3 is 1. The topological polar surface area (TPSA) is 88.7 Å². The van der Waals surface area contributed by atoms with Crippen LogP contribution in [0.1, 0.15) is 11.1 Å². The van der Waals surface area contributed by atoms with Crippen molar-refractivity contribution < 1.29 is 23.6 Å². The van der Waals surface area contributed by atoms with Crippen LogP contribution in [0.4, 0.5) is 4.39 Å². The van der Waals surface area contributed by atoms with Crippen molar-refractivity contribution in [3.63, 3.8) is 0 Å². The molecule has 0 fully saturated rings. The molecule has 1 heterocycles. The maximum Gasteiger partial charge on any atom is 0.317 e. The second-order valence-corrected chi connectivity index (χ2v) is 8.49. The van der Waals surface area contributed by atoms with Gasteiger partial charge in [-0.05, 0) is 42.4 Å². The molecule has 10 heteroatoms. The Kier molecular flexibility index (Phi) is 9.17. The summed E-state index contributed by atoms with van der Waals surface area (Å²) in [6, 6.07) is 17.8. The number of hydrogen-bond acceptors (Lipinski definition) is 6. The maximum atomic E-state index is 14.7. The summed E-state index contributed by atoms with van der Waals surface area (Å²) in [4.78, 5) is 16.8. The summed E-state index contributed by atoms with van der Waals surface area (Å²) in [5, 5.41) is 13.5. The van der Waals surface area contributed by atoms with Crippen molar-refractivity contribution in [2.75, 3.05) is 20.7 Å². The minimum atomic E-state index is -0.975. The molecule has 0 unspecified atom stereocenters. The number of nitrogens with zero attached hydrogens (tertiary/aromatic N) is 3. The lowest BCUT2D eigenvalue weighted by atomic mass is 9.97. The summed E-state index contributed by atoms with van der Waals surface area (Å²) >= 11 is 6.39. The third-order valence-electron chi connectivity index (χ3n) is 5.40. The zero-order valence-corrected chi connectivity index (χ0v) is 21.1. The average molecular weight is 532 g/mol. The Morgan fingerprint density at radius 2 is 1.83 bits per heavy atom. The van der Waals surface area contributed by atoms with Crippen molar-refractivity contribution >= 4 is 30.0 Å². The number of halogens is 3. The normalized spacial score (nSPS) is 10.9. The molecule has 0 aliphatic rings. The van der Waals surface area contributed by atoms with Crippen LogP contribution in [0.5, 0.6) is 0 Å². The number of carbonyl (C=O) groups is 1. The number of carboxylic acid groups (broad SMARTS) is 1. The lowest BCUT2D eigenvalue weighted by molar-refractivity contribution is -0.138. The predicted octanol–water partition coefficient (Wildman–Crippen LogP) is 5.95. The van der Waals surface area contributed by atoms with Crippen LogP contribution in [-0.4, -0.2) is 46.8 Å². The lowest BCUT2D eigenvalue weighted by Crippen LogP contribution is -2.25. The van der Waals surface area contributed by atoms with Crippen LogP contribution in [0.25, 0.3) is 34.0 Å². The van der Waals surface area contributed by atoms with Crippen LogP contribution in [0.15, 0.2) is 65.2 Å². The van der Waals surface area contributed by atoms with Crippen molar-refractivity contribution in [2.45, 2.75) is 13.2 Å². The molecule has 3 aromatic carbocycles. The SMILES string of the molecule is COCc1cc(-c2nc(-c3ccc(CN(C)CC(=O)O)c(F)c3)no2)ccc1-c1ccccc1Cl.Cl. The van der Waals surface area contributed by atoms with Gasteiger partial charge in [-0.3, -0.25) is 9.69 Å². The molecule has 36 heavy (non-hydrogen) atoms. The quantitative estimate of drug-likeness (QED) is 0.285. The van der Waals surface area contributed by atoms with Crippen LogP contribution >= 0.6 is 24.0 Å². The first-order chi connectivity index (χ1) is 16.9. The van der Waals surface area contributed by atoms with E-state index in [1.807, 2.05) is 42.5 Å². The molecule has 0 saturated carbocycles. The third-order valence-corrected chi connectivity index (χ3v) is 5.73. The van der Waals surface area contributed by atoms with E-state index in [0.29, 0.717) is 28.3 Å².